The van der Waals surface area contributed by atoms with E-state index < -0.39 is 0 Å². The maximum Gasteiger partial charge on any atom is 0.132 e. The second-order valence-electron chi connectivity index (χ2n) is 6.01. The molecule has 1 saturated heterocycles. The lowest BCUT2D eigenvalue weighted by atomic mass is 9.99. The standard InChI is InChI=1S/C19H26N4/c1-3-17-18(13-22-19(17)20-2)16-6-4-5-15(7-8-16)14-23-11-9-21-10-12-23/h3,5-8,13,21H,4,9-12,14H2,1-2H3,(H,20,22)/b17-3-. The molecule has 0 aromatic heterocycles. The molecule has 3 aliphatic rings. The first-order valence-corrected chi connectivity index (χ1v) is 8.43. The van der Waals surface area contributed by atoms with Crippen LogP contribution >= 0.6 is 0 Å². The van der Waals surface area contributed by atoms with Gasteiger partial charge in [0.15, 0.2) is 0 Å². The molecule has 0 saturated carbocycles. The number of rotatable bonds is 3. The van der Waals surface area contributed by atoms with E-state index in [0.29, 0.717) is 0 Å². The van der Waals surface area contributed by atoms with Gasteiger partial charge in [-0.25, -0.2) is 0 Å². The predicted octanol–water partition coefficient (Wildman–Crippen LogP) is 2.17. The van der Waals surface area contributed by atoms with Gasteiger partial charge in [-0.1, -0.05) is 30.4 Å². The van der Waals surface area contributed by atoms with Gasteiger partial charge in [0.05, 0.1) is 0 Å². The number of nitrogens with one attached hydrogen (secondary N) is 2. The van der Waals surface area contributed by atoms with Gasteiger partial charge >= 0.3 is 0 Å². The number of hydrogen-bond donors (Lipinski definition) is 2. The van der Waals surface area contributed by atoms with Crippen LogP contribution in [0.5, 0.6) is 0 Å². The van der Waals surface area contributed by atoms with Gasteiger partial charge in [0.1, 0.15) is 5.84 Å². The molecule has 1 aliphatic carbocycles. The molecule has 0 atom stereocenters. The molecule has 0 spiro atoms. The minimum Gasteiger partial charge on any atom is -0.346 e. The summed E-state index contributed by atoms with van der Waals surface area (Å²) in [6, 6.07) is 0. The highest BCUT2D eigenvalue weighted by molar-refractivity contribution is 6.07. The Morgan fingerprint density at radius 3 is 2.78 bits per heavy atom. The number of nitrogens with zero attached hydrogens (tertiary/aromatic N) is 2. The molecule has 0 unspecified atom stereocenters. The lowest BCUT2D eigenvalue weighted by Gasteiger charge is -2.27. The molecule has 0 amide bonds. The number of aliphatic imine (C=N–C) groups is 1. The highest BCUT2D eigenvalue weighted by Gasteiger charge is 2.19. The topological polar surface area (TPSA) is 39.7 Å². The molecule has 4 nitrogen and oxygen atoms in total. The highest BCUT2D eigenvalue weighted by Crippen LogP contribution is 2.27. The van der Waals surface area contributed by atoms with E-state index in [1.165, 1.54) is 22.3 Å². The van der Waals surface area contributed by atoms with Crippen LogP contribution in [0.1, 0.15) is 13.3 Å². The third kappa shape index (κ3) is 3.71. The van der Waals surface area contributed by atoms with Gasteiger partial charge in [-0.3, -0.25) is 9.89 Å². The van der Waals surface area contributed by atoms with Crippen LogP contribution in [0.3, 0.4) is 0 Å². The van der Waals surface area contributed by atoms with Gasteiger partial charge in [0.25, 0.3) is 0 Å². The molecular formula is C19H26N4. The van der Waals surface area contributed by atoms with E-state index in [0.717, 1.165) is 45.0 Å². The fraction of sp³-hybridized carbons (Fsp3) is 0.421. The van der Waals surface area contributed by atoms with Crippen molar-refractivity contribution in [3.05, 3.63) is 58.9 Å². The van der Waals surface area contributed by atoms with Crippen molar-refractivity contribution in [1.29, 1.82) is 0 Å². The van der Waals surface area contributed by atoms with E-state index in [4.69, 9.17) is 0 Å². The molecule has 4 heteroatoms. The predicted molar refractivity (Wildman–Crippen MR) is 97.6 cm³/mol. The van der Waals surface area contributed by atoms with Crippen molar-refractivity contribution in [1.82, 2.24) is 15.5 Å². The van der Waals surface area contributed by atoms with E-state index in [1.807, 2.05) is 7.05 Å². The van der Waals surface area contributed by atoms with Gasteiger partial charge in [-0.2, -0.15) is 0 Å². The first-order valence-electron chi connectivity index (χ1n) is 8.43. The smallest absolute Gasteiger partial charge is 0.132 e. The second kappa shape index (κ2) is 7.57. The molecule has 2 heterocycles. The maximum atomic E-state index is 4.31. The molecular weight excluding hydrogens is 284 g/mol. The van der Waals surface area contributed by atoms with Gasteiger partial charge in [-0.05, 0) is 24.5 Å². The SMILES string of the molecule is C/C=C1/C(C2=CCC=C(CN3CCNCC3)C=C2)=CNC1=NC. The Labute approximate surface area is 139 Å². The summed E-state index contributed by atoms with van der Waals surface area (Å²) in [5, 5.41) is 6.67. The zero-order chi connectivity index (χ0) is 16.1. The Bertz CT molecular complexity index is 626. The summed E-state index contributed by atoms with van der Waals surface area (Å²) >= 11 is 0. The van der Waals surface area contributed by atoms with Gasteiger partial charge in [0, 0.05) is 57.1 Å². The third-order valence-electron chi connectivity index (χ3n) is 4.53. The molecule has 2 N–H and O–H groups in total. The molecule has 2 aliphatic heterocycles. The first kappa shape index (κ1) is 16.0. The fourth-order valence-corrected chi connectivity index (χ4v) is 3.25. The average Bonchev–Trinajstić information content (AvgIpc) is 2.87. The van der Waals surface area contributed by atoms with Crippen molar-refractivity contribution in [3.8, 4) is 0 Å². The fourth-order valence-electron chi connectivity index (χ4n) is 3.25. The van der Waals surface area contributed by atoms with Gasteiger partial charge in [0.2, 0.25) is 0 Å². The Hall–Kier alpha value is -1.91. The van der Waals surface area contributed by atoms with Crippen molar-refractivity contribution >= 4 is 5.84 Å². The average molecular weight is 310 g/mol. The molecule has 0 radical (unpaired) electrons. The van der Waals surface area contributed by atoms with E-state index in [1.54, 1.807) is 0 Å². The molecule has 3 rings (SSSR count). The van der Waals surface area contributed by atoms with E-state index >= 15 is 0 Å². The first-order chi connectivity index (χ1) is 11.3. The van der Waals surface area contributed by atoms with Crippen molar-refractivity contribution in [2.75, 3.05) is 39.8 Å². The summed E-state index contributed by atoms with van der Waals surface area (Å²) in [7, 11) is 1.83. The zero-order valence-corrected chi connectivity index (χ0v) is 14.1. The Morgan fingerprint density at radius 2 is 2.04 bits per heavy atom. The summed E-state index contributed by atoms with van der Waals surface area (Å²) in [5.41, 5.74) is 5.11. The summed E-state index contributed by atoms with van der Waals surface area (Å²) < 4.78 is 0. The summed E-state index contributed by atoms with van der Waals surface area (Å²) in [6.45, 7) is 7.59. The highest BCUT2D eigenvalue weighted by atomic mass is 15.2. The quantitative estimate of drug-likeness (QED) is 0.839. The number of hydrogen-bond acceptors (Lipinski definition) is 3. The lowest BCUT2D eigenvalue weighted by molar-refractivity contribution is 0.261. The summed E-state index contributed by atoms with van der Waals surface area (Å²) in [5.74, 6) is 0.954. The second-order valence-corrected chi connectivity index (χ2v) is 6.01. The minimum atomic E-state index is 0.954. The lowest BCUT2D eigenvalue weighted by Crippen LogP contribution is -2.44. The molecule has 0 bridgehead atoms. The molecule has 0 aromatic rings. The largest absolute Gasteiger partial charge is 0.346 e. The monoisotopic (exact) mass is 310 g/mol. The Kier molecular flexibility index (Phi) is 5.26. The summed E-state index contributed by atoms with van der Waals surface area (Å²) in [4.78, 5) is 6.83. The van der Waals surface area contributed by atoms with E-state index in [-0.39, 0.29) is 0 Å². The van der Waals surface area contributed by atoms with Crippen LogP contribution in [0, 0.1) is 0 Å². The Balaban J connectivity index is 1.68. The summed E-state index contributed by atoms with van der Waals surface area (Å²) in [6.07, 6.45) is 14.3. The number of piperazine rings is 1. The van der Waals surface area contributed by atoms with Crippen molar-refractivity contribution < 1.29 is 0 Å². The molecule has 23 heavy (non-hydrogen) atoms. The van der Waals surface area contributed by atoms with E-state index in [9.17, 15) is 0 Å². The van der Waals surface area contributed by atoms with Crippen LogP contribution in [0.25, 0.3) is 0 Å². The zero-order valence-electron chi connectivity index (χ0n) is 14.1. The van der Waals surface area contributed by atoms with Crippen LogP contribution in [-0.4, -0.2) is 50.5 Å². The van der Waals surface area contributed by atoms with Crippen LogP contribution < -0.4 is 10.6 Å². The molecule has 0 aromatic carbocycles. The Morgan fingerprint density at radius 1 is 1.22 bits per heavy atom. The maximum absolute atomic E-state index is 4.31. The van der Waals surface area contributed by atoms with Crippen molar-refractivity contribution in [3.63, 3.8) is 0 Å². The van der Waals surface area contributed by atoms with Gasteiger partial charge < -0.3 is 10.6 Å². The van der Waals surface area contributed by atoms with Crippen LogP contribution in [-0.2, 0) is 0 Å². The normalized spacial score (nSPS) is 25.9. The number of amidine groups is 1. The van der Waals surface area contributed by atoms with E-state index in [2.05, 4.69) is 64.0 Å². The minimum absolute atomic E-state index is 0.954. The van der Waals surface area contributed by atoms with Crippen molar-refractivity contribution in [2.45, 2.75) is 13.3 Å². The van der Waals surface area contributed by atoms with Gasteiger partial charge in [-0.15, -0.1) is 0 Å². The van der Waals surface area contributed by atoms with Crippen molar-refractivity contribution in [2.24, 2.45) is 4.99 Å². The van der Waals surface area contributed by atoms with Crippen LogP contribution in [0.4, 0.5) is 0 Å². The molecule has 1 fully saturated rings. The van der Waals surface area contributed by atoms with Crippen LogP contribution in [0.15, 0.2) is 63.9 Å². The van der Waals surface area contributed by atoms with Crippen LogP contribution in [0.2, 0.25) is 0 Å². The molecule has 122 valence electrons. The third-order valence-corrected chi connectivity index (χ3v) is 4.53. The number of allylic oxidation sites excluding steroid dienone is 5.